The van der Waals surface area contributed by atoms with Crippen LogP contribution >= 0.6 is 0 Å². The Morgan fingerprint density at radius 2 is 1.65 bits per heavy atom. The van der Waals surface area contributed by atoms with Crippen molar-refractivity contribution in [1.29, 1.82) is 0 Å². The maximum atomic E-state index is 14.8. The van der Waals surface area contributed by atoms with Crippen LogP contribution in [0.1, 0.15) is 92.7 Å². The summed E-state index contributed by atoms with van der Waals surface area (Å²) < 4.78 is 19.5. The summed E-state index contributed by atoms with van der Waals surface area (Å²) in [6.45, 7) is 11.0. The van der Waals surface area contributed by atoms with Gasteiger partial charge in [0.05, 0.1) is 19.1 Å². The van der Waals surface area contributed by atoms with E-state index < -0.39 is 17.4 Å². The van der Waals surface area contributed by atoms with E-state index in [0.29, 0.717) is 11.5 Å². The Labute approximate surface area is 239 Å². The predicted octanol–water partition coefficient (Wildman–Crippen LogP) is 8.41. The number of rotatable bonds is 10. The van der Waals surface area contributed by atoms with Gasteiger partial charge in [0.2, 0.25) is 0 Å². The molecule has 1 N–H and O–H groups in total. The molecule has 214 valence electrons. The number of esters is 1. The molecule has 1 aliphatic carbocycles. The van der Waals surface area contributed by atoms with E-state index in [2.05, 4.69) is 75.8 Å². The van der Waals surface area contributed by atoms with Crippen molar-refractivity contribution < 1.29 is 19.0 Å². The summed E-state index contributed by atoms with van der Waals surface area (Å²) >= 11 is 0. The van der Waals surface area contributed by atoms with Crippen LogP contribution in [0.4, 0.5) is 4.39 Å². The Kier molecular flexibility index (Phi) is 9.19. The fourth-order valence-corrected chi connectivity index (χ4v) is 6.84. The quantitative estimate of drug-likeness (QED) is 0.261. The number of carbonyl (C=O) groups is 1. The Morgan fingerprint density at radius 3 is 2.20 bits per heavy atom. The van der Waals surface area contributed by atoms with E-state index in [9.17, 15) is 14.3 Å². The first-order chi connectivity index (χ1) is 19.0. The molecule has 4 heteroatoms. The fraction of sp³-hybridized carbons (Fsp3) is 0.472. The molecule has 2 unspecified atom stereocenters. The van der Waals surface area contributed by atoms with Crippen LogP contribution in [0.5, 0.6) is 0 Å². The lowest BCUT2D eigenvalue weighted by atomic mass is 9.69. The van der Waals surface area contributed by atoms with Gasteiger partial charge in [0.1, 0.15) is 5.82 Å². The Balaban J connectivity index is 1.59. The summed E-state index contributed by atoms with van der Waals surface area (Å²) in [7, 11) is 1.31. The summed E-state index contributed by atoms with van der Waals surface area (Å²) in [4.78, 5) is 11.6. The zero-order valence-corrected chi connectivity index (χ0v) is 25.1. The van der Waals surface area contributed by atoms with Crippen LogP contribution in [-0.2, 0) is 27.8 Å². The summed E-state index contributed by atoms with van der Waals surface area (Å²) in [5.74, 6) is -0.234. The van der Waals surface area contributed by atoms with Crippen molar-refractivity contribution in [2.24, 2.45) is 5.92 Å². The minimum absolute atomic E-state index is 0.0751. The molecule has 3 aromatic rings. The van der Waals surface area contributed by atoms with E-state index in [1.165, 1.54) is 35.4 Å². The normalized spacial score (nSPS) is 19.1. The van der Waals surface area contributed by atoms with Crippen molar-refractivity contribution in [1.82, 2.24) is 0 Å². The van der Waals surface area contributed by atoms with E-state index in [0.717, 1.165) is 61.6 Å². The zero-order valence-electron chi connectivity index (χ0n) is 25.1. The smallest absolute Gasteiger partial charge is 0.310 e. The van der Waals surface area contributed by atoms with Gasteiger partial charge in [-0.2, -0.15) is 0 Å². The van der Waals surface area contributed by atoms with Crippen molar-refractivity contribution in [3.05, 3.63) is 93.8 Å². The molecule has 0 aliphatic heterocycles. The summed E-state index contributed by atoms with van der Waals surface area (Å²) in [6.07, 6.45) is 6.55. The number of ether oxygens (including phenoxy) is 1. The highest BCUT2D eigenvalue weighted by Crippen LogP contribution is 2.42. The number of halogens is 1. The van der Waals surface area contributed by atoms with Crippen molar-refractivity contribution in [2.45, 2.75) is 97.0 Å². The van der Waals surface area contributed by atoms with Gasteiger partial charge in [-0.05, 0) is 115 Å². The molecule has 4 rings (SSSR count). The second-order valence-corrected chi connectivity index (χ2v) is 12.1. The molecule has 0 bridgehead atoms. The SMILES string of the molecule is CCC(CC)(c1ccc(CCC2(O)CCC(C)C2)c(C)c1)c1ccc(-c2ccc(CC(=O)OC)c(F)c2)c(C)c1. The number of carbonyl (C=O) groups excluding carboxylic acids is 1. The molecule has 0 saturated heterocycles. The van der Waals surface area contributed by atoms with Crippen molar-refractivity contribution >= 4 is 5.97 Å². The van der Waals surface area contributed by atoms with Gasteiger partial charge in [-0.25, -0.2) is 4.39 Å². The summed E-state index contributed by atoms with van der Waals surface area (Å²) in [5, 5.41) is 11.0. The third-order valence-corrected chi connectivity index (χ3v) is 9.50. The first kappa shape index (κ1) is 30.0. The van der Waals surface area contributed by atoms with Crippen LogP contribution < -0.4 is 0 Å². The van der Waals surface area contributed by atoms with Crippen LogP contribution in [0.15, 0.2) is 54.6 Å². The average molecular weight is 545 g/mol. The molecule has 40 heavy (non-hydrogen) atoms. The number of hydrogen-bond donors (Lipinski definition) is 1. The standard InChI is InChI=1S/C36H45FO3/c1-7-36(8-2,30-12-11-27(25(4)19-30)16-18-35(39)17-15-24(3)23-35)31-13-14-32(26(5)20-31)28-9-10-29(33(37)21-28)22-34(38)40-6/h9-14,19-21,24,39H,7-8,15-18,22-23H2,1-6H3. The van der Waals surface area contributed by atoms with Crippen LogP contribution in [0, 0.1) is 25.6 Å². The Hall–Kier alpha value is -2.98. The van der Waals surface area contributed by atoms with Crippen molar-refractivity contribution in [2.75, 3.05) is 7.11 Å². The average Bonchev–Trinajstić information content (AvgIpc) is 3.28. The Morgan fingerprint density at radius 1 is 1.00 bits per heavy atom. The topological polar surface area (TPSA) is 46.5 Å². The predicted molar refractivity (Wildman–Crippen MR) is 161 cm³/mol. The Bertz CT molecular complexity index is 1360. The minimum Gasteiger partial charge on any atom is -0.469 e. The van der Waals surface area contributed by atoms with Crippen LogP contribution in [0.25, 0.3) is 11.1 Å². The lowest BCUT2D eigenvalue weighted by Gasteiger charge is -2.34. The van der Waals surface area contributed by atoms with E-state index in [4.69, 9.17) is 0 Å². The van der Waals surface area contributed by atoms with Gasteiger partial charge in [0, 0.05) is 5.41 Å². The molecule has 0 amide bonds. The van der Waals surface area contributed by atoms with E-state index in [1.807, 2.05) is 6.07 Å². The van der Waals surface area contributed by atoms with Crippen LogP contribution in [-0.4, -0.2) is 23.8 Å². The van der Waals surface area contributed by atoms with Crippen LogP contribution in [0.2, 0.25) is 0 Å². The fourth-order valence-electron chi connectivity index (χ4n) is 6.84. The molecule has 0 heterocycles. The highest BCUT2D eigenvalue weighted by atomic mass is 19.1. The van der Waals surface area contributed by atoms with Gasteiger partial charge in [0.25, 0.3) is 0 Å². The third kappa shape index (κ3) is 6.17. The second-order valence-electron chi connectivity index (χ2n) is 12.1. The maximum absolute atomic E-state index is 14.8. The minimum atomic E-state index is -0.509. The van der Waals surface area contributed by atoms with Crippen molar-refractivity contribution in [3.63, 3.8) is 0 Å². The lowest BCUT2D eigenvalue weighted by Crippen LogP contribution is -2.27. The molecule has 1 aliphatic rings. The van der Waals surface area contributed by atoms with Gasteiger partial charge in [-0.3, -0.25) is 4.79 Å². The molecule has 0 radical (unpaired) electrons. The van der Waals surface area contributed by atoms with Crippen LogP contribution in [0.3, 0.4) is 0 Å². The first-order valence-electron chi connectivity index (χ1n) is 14.8. The van der Waals surface area contributed by atoms with E-state index in [-0.39, 0.29) is 11.8 Å². The summed E-state index contributed by atoms with van der Waals surface area (Å²) in [6, 6.07) is 18.5. The first-order valence-corrected chi connectivity index (χ1v) is 14.8. The maximum Gasteiger partial charge on any atom is 0.310 e. The van der Waals surface area contributed by atoms with Crippen molar-refractivity contribution in [3.8, 4) is 11.1 Å². The molecule has 1 fully saturated rings. The van der Waals surface area contributed by atoms with Gasteiger partial charge in [-0.15, -0.1) is 0 Å². The van der Waals surface area contributed by atoms with E-state index >= 15 is 0 Å². The van der Waals surface area contributed by atoms with E-state index in [1.54, 1.807) is 6.07 Å². The molecule has 0 spiro atoms. The molecule has 3 aromatic carbocycles. The third-order valence-electron chi connectivity index (χ3n) is 9.50. The summed E-state index contributed by atoms with van der Waals surface area (Å²) in [5.41, 5.74) is 7.78. The van der Waals surface area contributed by atoms with Gasteiger partial charge < -0.3 is 9.84 Å². The second kappa shape index (κ2) is 12.3. The molecule has 3 nitrogen and oxygen atoms in total. The number of aliphatic hydroxyl groups is 1. The molecule has 2 atom stereocenters. The van der Waals surface area contributed by atoms with Gasteiger partial charge >= 0.3 is 5.97 Å². The highest BCUT2D eigenvalue weighted by Gasteiger charge is 2.35. The monoisotopic (exact) mass is 544 g/mol. The molecular formula is C36H45FO3. The zero-order chi connectivity index (χ0) is 29.1. The van der Waals surface area contributed by atoms with Gasteiger partial charge in [-0.1, -0.05) is 69.3 Å². The number of methoxy groups -OCH3 is 1. The highest BCUT2D eigenvalue weighted by molar-refractivity contribution is 5.74. The number of aryl methyl sites for hydroxylation is 3. The molecule has 0 aromatic heterocycles. The molecular weight excluding hydrogens is 499 g/mol. The molecule has 1 saturated carbocycles. The largest absolute Gasteiger partial charge is 0.469 e. The van der Waals surface area contributed by atoms with Gasteiger partial charge in [0.15, 0.2) is 0 Å². The number of hydrogen-bond acceptors (Lipinski definition) is 3. The number of benzene rings is 3. The lowest BCUT2D eigenvalue weighted by molar-refractivity contribution is -0.139.